The molecule has 0 saturated carbocycles. The van der Waals surface area contributed by atoms with Gasteiger partial charge in [0.05, 0.1) is 11.8 Å². The van der Waals surface area contributed by atoms with Crippen LogP contribution in [-0.2, 0) is 7.05 Å². The number of alkyl halides is 2. The van der Waals surface area contributed by atoms with E-state index in [9.17, 15) is 8.78 Å². The summed E-state index contributed by atoms with van der Waals surface area (Å²) in [5, 5.41) is 0.257. The van der Waals surface area contributed by atoms with Gasteiger partial charge in [-0.2, -0.15) is 8.78 Å². The number of ether oxygens (including phenoxy) is 1. The van der Waals surface area contributed by atoms with Crippen LogP contribution in [0.25, 0.3) is 22.3 Å². The average Bonchev–Trinajstić information content (AvgIpc) is 2.80. The maximum absolute atomic E-state index is 12.5. The fourth-order valence-corrected chi connectivity index (χ4v) is 2.33. The Bertz CT molecular complexity index is 804. The van der Waals surface area contributed by atoms with Crippen LogP contribution < -0.4 is 4.74 Å². The summed E-state index contributed by atoms with van der Waals surface area (Å²) in [5.41, 5.74) is 2.17. The second kappa shape index (κ2) is 5.29. The third-order valence-corrected chi connectivity index (χ3v) is 3.23. The Hall–Kier alpha value is -2.21. The lowest BCUT2D eigenvalue weighted by Crippen LogP contribution is -2.03. The summed E-state index contributed by atoms with van der Waals surface area (Å²) in [7, 11) is 1.82. The van der Waals surface area contributed by atoms with Crippen molar-refractivity contribution in [2.75, 3.05) is 0 Å². The second-order valence-corrected chi connectivity index (χ2v) is 4.78. The van der Waals surface area contributed by atoms with E-state index in [2.05, 4.69) is 14.7 Å². The van der Waals surface area contributed by atoms with Crippen LogP contribution >= 0.6 is 11.6 Å². The Balaban J connectivity index is 2.25. The summed E-state index contributed by atoms with van der Waals surface area (Å²) in [6.45, 7) is -2.91. The van der Waals surface area contributed by atoms with Crippen LogP contribution in [0.2, 0.25) is 5.15 Å². The summed E-state index contributed by atoms with van der Waals surface area (Å²) in [6, 6.07) is 8.10. The van der Waals surface area contributed by atoms with Crippen LogP contribution in [0.4, 0.5) is 8.78 Å². The third kappa shape index (κ3) is 2.54. The van der Waals surface area contributed by atoms with Gasteiger partial charge in [-0.25, -0.2) is 9.97 Å². The van der Waals surface area contributed by atoms with E-state index in [1.165, 1.54) is 6.07 Å². The Labute approximate surface area is 124 Å². The second-order valence-electron chi connectivity index (χ2n) is 4.39. The number of imidazole rings is 1. The topological polar surface area (TPSA) is 39.9 Å². The molecule has 2 heterocycles. The highest BCUT2D eigenvalue weighted by atomic mass is 35.5. The van der Waals surface area contributed by atoms with E-state index >= 15 is 0 Å². The predicted octanol–water partition coefficient (Wildman–Crippen LogP) is 3.89. The number of benzene rings is 1. The van der Waals surface area contributed by atoms with Crippen molar-refractivity contribution in [3.05, 3.63) is 41.8 Å². The smallest absolute Gasteiger partial charge is 0.387 e. The maximum atomic E-state index is 12.5. The van der Waals surface area contributed by atoms with Crippen LogP contribution in [0, 0.1) is 0 Å². The zero-order valence-electron chi connectivity index (χ0n) is 10.9. The number of pyridine rings is 1. The van der Waals surface area contributed by atoms with Crippen molar-refractivity contribution < 1.29 is 13.5 Å². The molecule has 0 bridgehead atoms. The van der Waals surface area contributed by atoms with Crippen LogP contribution in [0.1, 0.15) is 0 Å². The maximum Gasteiger partial charge on any atom is 0.387 e. The van der Waals surface area contributed by atoms with Gasteiger partial charge in [-0.05, 0) is 12.1 Å². The van der Waals surface area contributed by atoms with E-state index in [1.54, 1.807) is 35.2 Å². The van der Waals surface area contributed by atoms with Crippen molar-refractivity contribution in [2.45, 2.75) is 6.61 Å². The minimum atomic E-state index is -2.91. The molecule has 0 amide bonds. The molecule has 0 N–H and O–H groups in total. The molecule has 0 saturated heterocycles. The largest absolute Gasteiger partial charge is 0.434 e. The van der Waals surface area contributed by atoms with Crippen molar-refractivity contribution in [3.8, 4) is 17.0 Å². The number of hydrogen-bond donors (Lipinski definition) is 0. The molecule has 1 aromatic carbocycles. The lowest BCUT2D eigenvalue weighted by atomic mass is 10.1. The highest BCUT2D eigenvalue weighted by Crippen LogP contribution is 2.34. The fourth-order valence-electron chi connectivity index (χ4n) is 2.15. The zero-order chi connectivity index (χ0) is 15.0. The molecule has 21 heavy (non-hydrogen) atoms. The zero-order valence-corrected chi connectivity index (χ0v) is 11.7. The van der Waals surface area contributed by atoms with Crippen LogP contribution in [0.5, 0.6) is 5.75 Å². The lowest BCUT2D eigenvalue weighted by Gasteiger charge is -2.10. The molecule has 3 rings (SSSR count). The van der Waals surface area contributed by atoms with Gasteiger partial charge in [0.1, 0.15) is 22.1 Å². The Morgan fingerprint density at radius 3 is 2.81 bits per heavy atom. The summed E-state index contributed by atoms with van der Waals surface area (Å²) in [5.74, 6) is 0.0363. The van der Waals surface area contributed by atoms with E-state index in [1.807, 2.05) is 7.05 Å². The van der Waals surface area contributed by atoms with Crippen molar-refractivity contribution in [1.29, 1.82) is 0 Å². The lowest BCUT2D eigenvalue weighted by molar-refractivity contribution is -0.0494. The van der Waals surface area contributed by atoms with E-state index < -0.39 is 6.61 Å². The number of hydrogen-bond acceptors (Lipinski definition) is 3. The fraction of sp³-hybridized carbons (Fsp3) is 0.143. The number of fused-ring (bicyclic) bond motifs is 1. The Morgan fingerprint density at radius 2 is 2.05 bits per heavy atom. The summed E-state index contributed by atoms with van der Waals surface area (Å²) in [4.78, 5) is 8.47. The Morgan fingerprint density at radius 1 is 1.29 bits per heavy atom. The molecule has 0 fully saturated rings. The van der Waals surface area contributed by atoms with E-state index in [-0.39, 0.29) is 10.9 Å². The number of para-hydroxylation sites is 1. The molecule has 0 aliphatic carbocycles. The van der Waals surface area contributed by atoms with Gasteiger partial charge >= 0.3 is 6.61 Å². The molecule has 0 unspecified atom stereocenters. The first-order chi connectivity index (χ1) is 10.1. The van der Waals surface area contributed by atoms with Gasteiger partial charge in [0.2, 0.25) is 0 Å². The number of aromatic nitrogens is 3. The average molecular weight is 310 g/mol. The summed E-state index contributed by atoms with van der Waals surface area (Å²) in [6.07, 6.45) is 1.61. The number of nitrogens with zero attached hydrogens (tertiary/aromatic N) is 3. The molecule has 0 spiro atoms. The standard InChI is InChI=1S/C14H10ClF2N3O/c1-20-7-18-13-9(20)6-11(15)19-12(13)8-4-2-3-5-10(8)21-14(16)17/h2-7,14H,1H3. The molecule has 4 nitrogen and oxygen atoms in total. The molecular weight excluding hydrogens is 300 g/mol. The molecule has 2 aromatic heterocycles. The Kier molecular flexibility index (Phi) is 3.47. The van der Waals surface area contributed by atoms with E-state index in [0.29, 0.717) is 16.8 Å². The van der Waals surface area contributed by atoms with Gasteiger partial charge in [-0.3, -0.25) is 0 Å². The minimum Gasteiger partial charge on any atom is -0.434 e. The van der Waals surface area contributed by atoms with Crippen LogP contribution in [0.15, 0.2) is 36.7 Å². The minimum absolute atomic E-state index is 0.0363. The predicted molar refractivity (Wildman–Crippen MR) is 75.6 cm³/mol. The number of aryl methyl sites for hydroxylation is 1. The molecule has 0 atom stereocenters. The van der Waals surface area contributed by atoms with Crippen LogP contribution in [0.3, 0.4) is 0 Å². The van der Waals surface area contributed by atoms with E-state index in [4.69, 9.17) is 11.6 Å². The van der Waals surface area contributed by atoms with Crippen molar-refractivity contribution in [3.63, 3.8) is 0 Å². The number of rotatable bonds is 3. The quantitative estimate of drug-likeness (QED) is 0.689. The first-order valence-corrected chi connectivity index (χ1v) is 6.46. The van der Waals surface area contributed by atoms with Crippen molar-refractivity contribution in [2.24, 2.45) is 7.05 Å². The molecule has 0 aliphatic heterocycles. The van der Waals surface area contributed by atoms with Gasteiger partial charge in [0, 0.05) is 18.7 Å². The van der Waals surface area contributed by atoms with Gasteiger partial charge < -0.3 is 9.30 Å². The van der Waals surface area contributed by atoms with Crippen LogP contribution in [-0.4, -0.2) is 21.1 Å². The first-order valence-electron chi connectivity index (χ1n) is 6.08. The summed E-state index contributed by atoms with van der Waals surface area (Å²) < 4.78 is 31.4. The van der Waals surface area contributed by atoms with Gasteiger partial charge in [-0.15, -0.1) is 0 Å². The van der Waals surface area contributed by atoms with Gasteiger partial charge in [0.15, 0.2) is 0 Å². The van der Waals surface area contributed by atoms with Crippen molar-refractivity contribution >= 4 is 22.6 Å². The molecule has 0 aliphatic rings. The SMILES string of the molecule is Cn1cnc2c(-c3ccccc3OC(F)F)nc(Cl)cc21. The normalized spacial score (nSPS) is 11.3. The molecule has 108 valence electrons. The monoisotopic (exact) mass is 309 g/mol. The highest BCUT2D eigenvalue weighted by Gasteiger charge is 2.17. The third-order valence-electron chi connectivity index (χ3n) is 3.04. The number of halogens is 3. The molecule has 3 aromatic rings. The van der Waals surface area contributed by atoms with Gasteiger partial charge in [-0.1, -0.05) is 23.7 Å². The first kappa shape index (κ1) is 13.8. The molecule has 0 radical (unpaired) electrons. The molecule has 7 heteroatoms. The van der Waals surface area contributed by atoms with Crippen molar-refractivity contribution in [1.82, 2.24) is 14.5 Å². The van der Waals surface area contributed by atoms with E-state index in [0.717, 1.165) is 5.52 Å². The highest BCUT2D eigenvalue weighted by molar-refractivity contribution is 6.30. The summed E-state index contributed by atoms with van der Waals surface area (Å²) >= 11 is 6.02. The molecular formula is C14H10ClF2N3O. The van der Waals surface area contributed by atoms with Gasteiger partial charge in [0.25, 0.3) is 0 Å².